The fourth-order valence-electron chi connectivity index (χ4n) is 10.5. The first kappa shape index (κ1) is 82.5. The Balaban J connectivity index is 5.10. The summed E-state index contributed by atoms with van der Waals surface area (Å²) in [5.74, 6) is -0.499. The number of phosphoric ester groups is 1. The Labute approximate surface area is 527 Å². The Hall–Kier alpha value is -2.55. The Morgan fingerprint density at radius 2 is 0.718 bits per heavy atom. The molecule has 0 radical (unpaired) electrons. The highest BCUT2D eigenvalue weighted by atomic mass is 31.2. The van der Waals surface area contributed by atoms with E-state index in [0.29, 0.717) is 17.4 Å². The van der Waals surface area contributed by atoms with E-state index < -0.39 is 20.0 Å². The van der Waals surface area contributed by atoms with Crippen LogP contribution in [0.5, 0.6) is 0 Å². The number of phosphoric acid groups is 1. The molecule has 3 atom stereocenters. The zero-order valence-electron chi connectivity index (χ0n) is 56.9. The summed E-state index contributed by atoms with van der Waals surface area (Å²) in [6.07, 6.45) is 84.8. The van der Waals surface area contributed by atoms with Crippen molar-refractivity contribution in [2.75, 3.05) is 40.9 Å². The fourth-order valence-corrected chi connectivity index (χ4v) is 11.2. The lowest BCUT2D eigenvalue weighted by atomic mass is 10.0. The molecule has 0 heterocycles. The van der Waals surface area contributed by atoms with Crippen LogP contribution in [0.3, 0.4) is 0 Å². The number of carbonyl (C=O) groups is 2. The molecule has 0 aliphatic rings. The summed E-state index contributed by atoms with van der Waals surface area (Å²) in [4.78, 5) is 38.0. The number of hydrogen-bond acceptors (Lipinski definition) is 6. The largest absolute Gasteiger partial charge is 0.472 e. The minimum atomic E-state index is -4.46. The first-order valence-corrected chi connectivity index (χ1v) is 37.8. The van der Waals surface area contributed by atoms with Crippen LogP contribution in [0.4, 0.5) is 0 Å². The van der Waals surface area contributed by atoms with Gasteiger partial charge < -0.3 is 19.4 Å². The zero-order chi connectivity index (χ0) is 62.1. The van der Waals surface area contributed by atoms with E-state index in [1.165, 1.54) is 231 Å². The van der Waals surface area contributed by atoms with Crippen molar-refractivity contribution in [3.8, 4) is 0 Å². The predicted molar refractivity (Wildman–Crippen MR) is 369 cm³/mol. The van der Waals surface area contributed by atoms with Crippen LogP contribution in [0.2, 0.25) is 0 Å². The first-order valence-electron chi connectivity index (χ1n) is 36.3. The standard InChI is InChI=1S/C75H139N2O7P/c1-7-10-13-16-19-22-25-28-30-32-34-36-38-40-42-44-46-49-52-55-58-61-64-67-74(78)76-72(71-83-85(80,81)82-70-69-77(4,5)6)73(66-63-60-57-54-51-48-27-24-21-18-15-12-9-3)84-75(79)68-65-62-59-56-53-50-47-45-43-41-39-37-35-33-31-29-26-23-20-17-14-11-8-2/h19-20,22-23,28-31,34,36,63,66,72-73H,7-18,21,24-27,32-33,35,37-62,64-65,67-71H2,1-6H3,(H-,76,78,80,81)/p+1/b22-19-,23-20-,30-28-,31-29-,36-34-,66-63+. The van der Waals surface area contributed by atoms with Gasteiger partial charge in [-0.15, -0.1) is 0 Å². The number of carbonyl (C=O) groups excluding carboxylic acids is 2. The van der Waals surface area contributed by atoms with Crippen LogP contribution < -0.4 is 5.32 Å². The number of nitrogens with zero attached hydrogens (tertiary/aromatic N) is 1. The Bertz CT molecular complexity index is 1680. The van der Waals surface area contributed by atoms with Crippen molar-refractivity contribution in [2.45, 2.75) is 354 Å². The van der Waals surface area contributed by atoms with E-state index in [0.717, 1.165) is 77.0 Å². The van der Waals surface area contributed by atoms with E-state index in [4.69, 9.17) is 13.8 Å². The summed E-state index contributed by atoms with van der Waals surface area (Å²) < 4.78 is 30.9. The van der Waals surface area contributed by atoms with Crippen LogP contribution in [0.25, 0.3) is 0 Å². The maximum absolute atomic E-state index is 13.6. The van der Waals surface area contributed by atoms with Gasteiger partial charge in [0.2, 0.25) is 5.91 Å². The summed E-state index contributed by atoms with van der Waals surface area (Å²) in [7, 11) is 1.50. The van der Waals surface area contributed by atoms with E-state index in [9.17, 15) is 19.0 Å². The molecule has 2 N–H and O–H groups in total. The second-order valence-corrected chi connectivity index (χ2v) is 27.2. The van der Waals surface area contributed by atoms with Crippen molar-refractivity contribution in [3.05, 3.63) is 72.9 Å². The van der Waals surface area contributed by atoms with Gasteiger partial charge in [-0.05, 0) is 102 Å². The van der Waals surface area contributed by atoms with Gasteiger partial charge in [0.25, 0.3) is 0 Å². The molecule has 3 unspecified atom stereocenters. The van der Waals surface area contributed by atoms with Crippen LogP contribution in [-0.4, -0.2) is 74.3 Å². The Morgan fingerprint density at radius 3 is 1.09 bits per heavy atom. The second kappa shape index (κ2) is 64.4. The molecule has 0 saturated heterocycles. The average Bonchev–Trinajstić information content (AvgIpc) is 3.52. The molecule has 1 amide bonds. The number of rotatable bonds is 66. The van der Waals surface area contributed by atoms with Gasteiger partial charge in [0.1, 0.15) is 19.3 Å². The smallest absolute Gasteiger partial charge is 0.456 e. The van der Waals surface area contributed by atoms with Crippen molar-refractivity contribution in [1.29, 1.82) is 0 Å². The molecule has 85 heavy (non-hydrogen) atoms. The monoisotopic (exact) mass is 1210 g/mol. The van der Waals surface area contributed by atoms with E-state index in [-0.39, 0.29) is 31.5 Å². The minimum Gasteiger partial charge on any atom is -0.456 e. The highest BCUT2D eigenvalue weighted by Gasteiger charge is 2.30. The molecule has 0 rings (SSSR count). The maximum atomic E-state index is 13.6. The summed E-state index contributed by atoms with van der Waals surface area (Å²) in [6, 6.07) is -0.854. The van der Waals surface area contributed by atoms with Gasteiger partial charge in [0.05, 0.1) is 33.8 Å². The molecule has 0 aliphatic carbocycles. The van der Waals surface area contributed by atoms with Crippen LogP contribution in [0.15, 0.2) is 72.9 Å². The average molecular weight is 1210 g/mol. The SMILES string of the molecule is CCCCC/C=C\C/C=C\C/C=C\CCCCCCCCCCCCC(=O)NC(COP(=O)(O)OCC[N+](C)(C)C)C(/C=C/CCCCCCCCCCCCC)OC(=O)CCCCCCCCCCCCCCC/C=C\C/C=C\CCCCC. The van der Waals surface area contributed by atoms with Crippen LogP contribution in [0.1, 0.15) is 342 Å². The second-order valence-electron chi connectivity index (χ2n) is 25.8. The molecule has 0 aliphatic heterocycles. The number of unbranched alkanes of at least 4 members (excludes halogenated alkanes) is 40. The molecule has 496 valence electrons. The summed E-state index contributed by atoms with van der Waals surface area (Å²) in [6.45, 7) is 7.00. The van der Waals surface area contributed by atoms with E-state index in [1.807, 2.05) is 33.3 Å². The highest BCUT2D eigenvalue weighted by molar-refractivity contribution is 7.47. The fraction of sp³-hybridized carbons (Fsp3) is 0.813. The molecule has 0 aromatic carbocycles. The van der Waals surface area contributed by atoms with E-state index >= 15 is 0 Å². The molecule has 0 fully saturated rings. The number of ether oxygens (including phenoxy) is 1. The topological polar surface area (TPSA) is 111 Å². The first-order chi connectivity index (χ1) is 41.4. The predicted octanol–water partition coefficient (Wildman–Crippen LogP) is 23.1. The summed E-state index contributed by atoms with van der Waals surface area (Å²) in [5.41, 5.74) is 0. The quantitative estimate of drug-likeness (QED) is 0.0205. The Kier molecular flexibility index (Phi) is 62.5. The summed E-state index contributed by atoms with van der Waals surface area (Å²) in [5, 5.41) is 3.07. The number of quaternary nitrogens is 1. The van der Waals surface area contributed by atoms with Gasteiger partial charge in [-0.25, -0.2) is 4.57 Å². The van der Waals surface area contributed by atoms with Crippen molar-refractivity contribution in [2.24, 2.45) is 0 Å². The van der Waals surface area contributed by atoms with Gasteiger partial charge in [-0.3, -0.25) is 18.6 Å². The number of nitrogens with one attached hydrogen (secondary N) is 1. The minimum absolute atomic E-state index is 0.0384. The molecule has 0 aromatic heterocycles. The molecule has 9 nitrogen and oxygen atoms in total. The maximum Gasteiger partial charge on any atom is 0.472 e. The van der Waals surface area contributed by atoms with E-state index in [1.54, 1.807) is 0 Å². The van der Waals surface area contributed by atoms with Crippen molar-refractivity contribution in [3.63, 3.8) is 0 Å². The van der Waals surface area contributed by atoms with Crippen LogP contribution >= 0.6 is 7.82 Å². The number of hydrogen-bond donors (Lipinski definition) is 2. The lowest BCUT2D eigenvalue weighted by molar-refractivity contribution is -0.870. The van der Waals surface area contributed by atoms with Gasteiger partial charge in [0, 0.05) is 12.8 Å². The molecular formula is C75H140N2O7P+. The third-order valence-corrected chi connectivity index (χ3v) is 17.1. The number of esters is 1. The third kappa shape index (κ3) is 65.7. The molecule has 10 heteroatoms. The van der Waals surface area contributed by atoms with Crippen molar-refractivity contribution < 1.29 is 37.3 Å². The van der Waals surface area contributed by atoms with Gasteiger partial charge in [-0.1, -0.05) is 299 Å². The molecule has 0 spiro atoms. The zero-order valence-corrected chi connectivity index (χ0v) is 57.7. The number of allylic oxidation sites excluding steroid dienone is 11. The summed E-state index contributed by atoms with van der Waals surface area (Å²) >= 11 is 0. The molecule has 0 saturated carbocycles. The Morgan fingerprint density at radius 1 is 0.412 bits per heavy atom. The van der Waals surface area contributed by atoms with Gasteiger partial charge in [0.15, 0.2) is 0 Å². The lowest BCUT2D eigenvalue weighted by Gasteiger charge is -2.27. The normalized spacial score (nSPS) is 13.9. The van der Waals surface area contributed by atoms with Crippen LogP contribution in [0, 0.1) is 0 Å². The van der Waals surface area contributed by atoms with Crippen molar-refractivity contribution in [1.82, 2.24) is 5.32 Å². The van der Waals surface area contributed by atoms with E-state index in [2.05, 4.69) is 86.8 Å². The van der Waals surface area contributed by atoms with Gasteiger partial charge in [-0.2, -0.15) is 0 Å². The van der Waals surface area contributed by atoms with Gasteiger partial charge >= 0.3 is 13.8 Å². The molecule has 0 bridgehead atoms. The number of amides is 1. The van der Waals surface area contributed by atoms with Crippen LogP contribution in [-0.2, 0) is 27.9 Å². The lowest BCUT2D eigenvalue weighted by Crippen LogP contribution is -2.47. The molecular weight excluding hydrogens is 1070 g/mol. The third-order valence-electron chi connectivity index (χ3n) is 16.1. The van der Waals surface area contributed by atoms with Crippen molar-refractivity contribution >= 4 is 19.7 Å². The highest BCUT2D eigenvalue weighted by Crippen LogP contribution is 2.43. The molecule has 0 aromatic rings. The number of likely N-dealkylation sites (N-methyl/N-ethyl adjacent to an activating group) is 1.